The maximum absolute atomic E-state index is 12.3. The van der Waals surface area contributed by atoms with Crippen LogP contribution in [0, 0.1) is 0 Å². The van der Waals surface area contributed by atoms with Crippen molar-refractivity contribution in [3.8, 4) is 0 Å². The summed E-state index contributed by atoms with van der Waals surface area (Å²) < 4.78 is 0.612. The number of carbonyl (C=O) groups is 4. The molecule has 34 heavy (non-hydrogen) atoms. The number of hydrogen-bond acceptors (Lipinski definition) is 8. The Morgan fingerprint density at radius 3 is 2.26 bits per heavy atom. The largest absolute Gasteiger partial charge is 0.301 e. The van der Waals surface area contributed by atoms with E-state index in [1.54, 1.807) is 36.4 Å². The number of benzene rings is 2. The molecule has 0 unspecified atom stereocenters. The van der Waals surface area contributed by atoms with Crippen LogP contribution in [0.2, 0.25) is 0 Å². The summed E-state index contributed by atoms with van der Waals surface area (Å²) in [5, 5.41) is 11.1. The summed E-state index contributed by atoms with van der Waals surface area (Å²) in [7, 11) is 0. The number of carbonyl (C=O) groups excluding carboxylic acids is 4. The van der Waals surface area contributed by atoms with Gasteiger partial charge in [-0.2, -0.15) is 0 Å². The molecule has 10 heteroatoms. The fourth-order valence-electron chi connectivity index (χ4n) is 3.51. The Kier molecular flexibility index (Phi) is 7.81. The first-order valence-electron chi connectivity index (χ1n) is 10.8. The van der Waals surface area contributed by atoms with Crippen LogP contribution in [0.1, 0.15) is 56.8 Å². The number of nitrogens with one attached hydrogen (secondary N) is 1. The minimum absolute atomic E-state index is 0.00703. The van der Waals surface area contributed by atoms with Gasteiger partial charge in [-0.15, -0.1) is 10.2 Å². The second-order valence-corrected chi connectivity index (χ2v) is 9.82. The van der Waals surface area contributed by atoms with Crippen LogP contribution >= 0.6 is 23.1 Å². The SMILES string of the molecule is O=C(CCCCCN1C(=O)c2ccccc2C1=O)Nc1nnc(SCC(=O)c2ccccc2)s1. The summed E-state index contributed by atoms with van der Waals surface area (Å²) in [5.74, 6) is -0.427. The number of unbranched alkanes of at least 4 members (excludes halogenated alkanes) is 2. The third kappa shape index (κ3) is 5.75. The molecule has 3 amide bonds. The summed E-state index contributed by atoms with van der Waals surface area (Å²) in [6.07, 6.45) is 2.27. The molecule has 1 aromatic heterocycles. The number of aromatic nitrogens is 2. The first kappa shape index (κ1) is 23.8. The molecule has 0 saturated carbocycles. The summed E-state index contributed by atoms with van der Waals surface area (Å²) in [6, 6.07) is 15.9. The Bertz CT molecular complexity index is 1180. The molecule has 0 bridgehead atoms. The number of fused-ring (bicyclic) bond motifs is 1. The molecule has 1 aliphatic rings. The normalized spacial score (nSPS) is 12.6. The van der Waals surface area contributed by atoms with Gasteiger partial charge in [0.2, 0.25) is 11.0 Å². The fourth-order valence-corrected chi connectivity index (χ4v) is 5.17. The highest BCUT2D eigenvalue weighted by atomic mass is 32.2. The quantitative estimate of drug-likeness (QED) is 0.139. The average molecular weight is 495 g/mol. The smallest absolute Gasteiger partial charge is 0.261 e. The number of ketones is 1. The van der Waals surface area contributed by atoms with Gasteiger partial charge in [0.05, 0.1) is 16.9 Å². The van der Waals surface area contributed by atoms with E-state index in [-0.39, 0.29) is 29.3 Å². The van der Waals surface area contributed by atoms with E-state index in [0.717, 1.165) is 0 Å². The fraction of sp³-hybridized carbons (Fsp3) is 0.250. The van der Waals surface area contributed by atoms with Crippen LogP contribution in [-0.2, 0) is 4.79 Å². The van der Waals surface area contributed by atoms with Crippen LogP contribution in [0.3, 0.4) is 0 Å². The molecular weight excluding hydrogens is 472 g/mol. The van der Waals surface area contributed by atoms with Crippen molar-refractivity contribution in [3.05, 3.63) is 71.3 Å². The van der Waals surface area contributed by atoms with E-state index in [0.29, 0.717) is 58.4 Å². The van der Waals surface area contributed by atoms with Gasteiger partial charge in [-0.3, -0.25) is 24.1 Å². The van der Waals surface area contributed by atoms with Crippen LogP contribution < -0.4 is 5.32 Å². The monoisotopic (exact) mass is 494 g/mol. The number of amides is 3. The van der Waals surface area contributed by atoms with Crippen LogP contribution in [0.25, 0.3) is 0 Å². The number of Topliss-reactive ketones (excluding diaryl/α,β-unsaturated/α-hetero) is 1. The molecule has 1 aliphatic heterocycles. The van der Waals surface area contributed by atoms with Crippen LogP contribution in [-0.4, -0.2) is 50.9 Å². The van der Waals surface area contributed by atoms with Crippen molar-refractivity contribution in [2.45, 2.75) is 30.0 Å². The molecule has 2 aromatic carbocycles. The number of rotatable bonds is 11. The standard InChI is InChI=1S/C24H22N4O4S2/c29-19(16-9-3-1-4-10-16)15-33-24-27-26-23(34-24)25-20(30)13-5-2-8-14-28-21(31)17-11-6-7-12-18(17)22(28)32/h1,3-4,6-7,9-12H,2,5,8,13-15H2,(H,25,26,30). The molecule has 4 rings (SSSR count). The Hall–Kier alpha value is -3.37. The van der Waals surface area contributed by atoms with Gasteiger partial charge in [0, 0.05) is 18.5 Å². The van der Waals surface area contributed by atoms with E-state index in [1.807, 2.05) is 18.2 Å². The van der Waals surface area contributed by atoms with Gasteiger partial charge in [0.15, 0.2) is 10.1 Å². The Morgan fingerprint density at radius 1 is 0.882 bits per heavy atom. The third-order valence-corrected chi connectivity index (χ3v) is 7.21. The molecule has 3 aromatic rings. The molecule has 0 fully saturated rings. The van der Waals surface area contributed by atoms with E-state index >= 15 is 0 Å². The van der Waals surface area contributed by atoms with Gasteiger partial charge < -0.3 is 5.32 Å². The van der Waals surface area contributed by atoms with Gasteiger partial charge >= 0.3 is 0 Å². The van der Waals surface area contributed by atoms with Crippen molar-refractivity contribution < 1.29 is 19.2 Å². The van der Waals surface area contributed by atoms with Crippen LogP contribution in [0.5, 0.6) is 0 Å². The topological polar surface area (TPSA) is 109 Å². The lowest BCUT2D eigenvalue weighted by Gasteiger charge is -2.13. The zero-order valence-corrected chi connectivity index (χ0v) is 19.9. The summed E-state index contributed by atoms with van der Waals surface area (Å²) in [6.45, 7) is 0.340. The van der Waals surface area contributed by atoms with E-state index < -0.39 is 0 Å². The zero-order chi connectivity index (χ0) is 23.9. The maximum Gasteiger partial charge on any atom is 0.261 e. The minimum atomic E-state index is -0.256. The second-order valence-electron chi connectivity index (χ2n) is 7.62. The predicted octanol–water partition coefficient (Wildman–Crippen LogP) is 4.31. The highest BCUT2D eigenvalue weighted by Crippen LogP contribution is 2.26. The highest BCUT2D eigenvalue weighted by molar-refractivity contribution is 8.01. The van der Waals surface area contributed by atoms with E-state index in [1.165, 1.54) is 28.0 Å². The molecular formula is C24H22N4O4S2. The molecule has 174 valence electrons. The number of nitrogens with zero attached hydrogens (tertiary/aromatic N) is 3. The minimum Gasteiger partial charge on any atom is -0.301 e. The maximum atomic E-state index is 12.3. The lowest BCUT2D eigenvalue weighted by atomic mass is 10.1. The summed E-state index contributed by atoms with van der Waals surface area (Å²) in [5.41, 5.74) is 1.55. The van der Waals surface area contributed by atoms with Crippen molar-refractivity contribution in [2.24, 2.45) is 0 Å². The Labute approximate surface area is 204 Å². The number of thioether (sulfide) groups is 1. The third-order valence-electron chi connectivity index (χ3n) is 5.24. The second kappa shape index (κ2) is 11.2. The lowest BCUT2D eigenvalue weighted by molar-refractivity contribution is -0.116. The van der Waals surface area contributed by atoms with Gasteiger partial charge in [0.1, 0.15) is 0 Å². The molecule has 0 spiro atoms. The molecule has 0 atom stereocenters. The summed E-state index contributed by atoms with van der Waals surface area (Å²) >= 11 is 2.52. The molecule has 8 nitrogen and oxygen atoms in total. The molecule has 2 heterocycles. The lowest BCUT2D eigenvalue weighted by Crippen LogP contribution is -2.30. The van der Waals surface area contributed by atoms with Gasteiger partial charge in [-0.25, -0.2) is 0 Å². The van der Waals surface area contributed by atoms with Crippen molar-refractivity contribution in [2.75, 3.05) is 17.6 Å². The number of hydrogen-bond donors (Lipinski definition) is 1. The molecule has 0 aliphatic carbocycles. The highest BCUT2D eigenvalue weighted by Gasteiger charge is 2.34. The molecule has 0 saturated heterocycles. The van der Waals surface area contributed by atoms with E-state index in [2.05, 4.69) is 15.5 Å². The number of anilines is 1. The van der Waals surface area contributed by atoms with Crippen molar-refractivity contribution in [1.29, 1.82) is 0 Å². The van der Waals surface area contributed by atoms with Crippen molar-refractivity contribution in [1.82, 2.24) is 15.1 Å². The van der Waals surface area contributed by atoms with Gasteiger partial charge in [-0.05, 0) is 25.0 Å². The molecule has 1 N–H and O–H groups in total. The average Bonchev–Trinajstić information content (AvgIpc) is 3.40. The first-order chi connectivity index (χ1) is 16.5. The van der Waals surface area contributed by atoms with E-state index in [4.69, 9.17) is 0 Å². The van der Waals surface area contributed by atoms with Crippen LogP contribution in [0.15, 0.2) is 58.9 Å². The van der Waals surface area contributed by atoms with Gasteiger partial charge in [0.25, 0.3) is 11.8 Å². The van der Waals surface area contributed by atoms with Gasteiger partial charge in [-0.1, -0.05) is 72.0 Å². The first-order valence-corrected chi connectivity index (χ1v) is 12.6. The number of imide groups is 1. The molecule has 0 radical (unpaired) electrons. The van der Waals surface area contributed by atoms with E-state index in [9.17, 15) is 19.2 Å². The summed E-state index contributed by atoms with van der Waals surface area (Å²) in [4.78, 5) is 50.3. The predicted molar refractivity (Wildman–Crippen MR) is 130 cm³/mol. The zero-order valence-electron chi connectivity index (χ0n) is 18.2. The van der Waals surface area contributed by atoms with Crippen LogP contribution in [0.4, 0.5) is 5.13 Å². The Morgan fingerprint density at radius 2 is 1.56 bits per heavy atom. The van der Waals surface area contributed by atoms with Crippen molar-refractivity contribution >= 4 is 51.7 Å². The van der Waals surface area contributed by atoms with Crippen molar-refractivity contribution in [3.63, 3.8) is 0 Å². The Balaban J connectivity index is 1.14.